The number of hydrogen-bond donors (Lipinski definition) is 2. The number of rotatable bonds is 6. The molecule has 1 aromatic rings. The molecule has 0 aromatic heterocycles. The minimum atomic E-state index is -0.0418. The lowest BCUT2D eigenvalue weighted by Crippen LogP contribution is -2.30. The van der Waals surface area contributed by atoms with Gasteiger partial charge in [0.25, 0.3) is 0 Å². The van der Waals surface area contributed by atoms with Gasteiger partial charge in [0, 0.05) is 19.7 Å². The fourth-order valence-electron chi connectivity index (χ4n) is 1.38. The standard InChI is InChI=1S/C12H18N2O3/c1-13-12(15)8-14-7-9-4-10(16-2)6-11(5-9)17-3/h4-6,14H,7-8H2,1-3H3,(H,13,15). The smallest absolute Gasteiger partial charge is 0.233 e. The molecular formula is C12H18N2O3. The molecule has 0 fully saturated rings. The molecule has 0 aliphatic carbocycles. The highest BCUT2D eigenvalue weighted by Crippen LogP contribution is 2.22. The number of benzene rings is 1. The van der Waals surface area contributed by atoms with Gasteiger partial charge in [-0.25, -0.2) is 0 Å². The predicted molar refractivity (Wildman–Crippen MR) is 65.3 cm³/mol. The van der Waals surface area contributed by atoms with Crippen molar-refractivity contribution in [1.82, 2.24) is 10.6 Å². The number of hydrogen-bond acceptors (Lipinski definition) is 4. The second-order valence-electron chi connectivity index (χ2n) is 3.50. The van der Waals surface area contributed by atoms with Crippen LogP contribution < -0.4 is 20.1 Å². The van der Waals surface area contributed by atoms with Crippen molar-refractivity contribution in [2.24, 2.45) is 0 Å². The van der Waals surface area contributed by atoms with Gasteiger partial charge < -0.3 is 20.1 Å². The molecule has 0 saturated carbocycles. The Morgan fingerprint density at radius 2 is 1.76 bits per heavy atom. The molecule has 94 valence electrons. The van der Waals surface area contributed by atoms with Gasteiger partial charge >= 0.3 is 0 Å². The highest BCUT2D eigenvalue weighted by Gasteiger charge is 2.02. The Labute approximate surface area is 101 Å². The van der Waals surface area contributed by atoms with E-state index >= 15 is 0 Å². The van der Waals surface area contributed by atoms with Gasteiger partial charge in [-0.05, 0) is 17.7 Å². The van der Waals surface area contributed by atoms with E-state index < -0.39 is 0 Å². The highest BCUT2D eigenvalue weighted by atomic mass is 16.5. The summed E-state index contributed by atoms with van der Waals surface area (Å²) in [6.07, 6.45) is 0. The fourth-order valence-corrected chi connectivity index (χ4v) is 1.38. The Morgan fingerprint density at radius 1 is 1.18 bits per heavy atom. The first kappa shape index (κ1) is 13.3. The molecule has 0 saturated heterocycles. The van der Waals surface area contributed by atoms with Crippen LogP contribution >= 0.6 is 0 Å². The molecule has 0 spiro atoms. The van der Waals surface area contributed by atoms with Crippen LogP contribution in [0, 0.1) is 0 Å². The number of ether oxygens (including phenoxy) is 2. The lowest BCUT2D eigenvalue weighted by atomic mass is 10.2. The topological polar surface area (TPSA) is 59.6 Å². The Hall–Kier alpha value is -1.75. The molecule has 0 unspecified atom stereocenters. The zero-order valence-corrected chi connectivity index (χ0v) is 10.4. The van der Waals surface area contributed by atoms with Gasteiger partial charge in [-0.1, -0.05) is 0 Å². The average molecular weight is 238 g/mol. The Morgan fingerprint density at radius 3 is 2.24 bits per heavy atom. The van der Waals surface area contributed by atoms with Crippen LogP contribution in [-0.2, 0) is 11.3 Å². The van der Waals surface area contributed by atoms with Gasteiger partial charge in [-0.2, -0.15) is 0 Å². The summed E-state index contributed by atoms with van der Waals surface area (Å²) in [5.41, 5.74) is 1.00. The molecule has 0 aliphatic heterocycles. The van der Waals surface area contributed by atoms with Crippen molar-refractivity contribution in [3.05, 3.63) is 23.8 Å². The summed E-state index contributed by atoms with van der Waals surface area (Å²) in [6.45, 7) is 0.872. The molecule has 0 radical (unpaired) electrons. The quantitative estimate of drug-likeness (QED) is 0.759. The van der Waals surface area contributed by atoms with Crippen LogP contribution in [0.4, 0.5) is 0 Å². The Kier molecular flexibility index (Phi) is 5.29. The molecular weight excluding hydrogens is 220 g/mol. The minimum Gasteiger partial charge on any atom is -0.497 e. The summed E-state index contributed by atoms with van der Waals surface area (Å²) in [4.78, 5) is 11.0. The molecule has 0 atom stereocenters. The Balaban J connectivity index is 2.60. The summed E-state index contributed by atoms with van der Waals surface area (Å²) < 4.78 is 10.3. The van der Waals surface area contributed by atoms with E-state index in [1.54, 1.807) is 21.3 Å². The second kappa shape index (κ2) is 6.75. The van der Waals surface area contributed by atoms with Gasteiger partial charge in [0.2, 0.25) is 5.91 Å². The second-order valence-corrected chi connectivity index (χ2v) is 3.50. The first-order valence-corrected chi connectivity index (χ1v) is 5.33. The van der Waals surface area contributed by atoms with Crippen LogP contribution in [0.25, 0.3) is 0 Å². The zero-order valence-electron chi connectivity index (χ0n) is 10.4. The van der Waals surface area contributed by atoms with E-state index in [0.717, 1.165) is 17.1 Å². The number of carbonyl (C=O) groups excluding carboxylic acids is 1. The third kappa shape index (κ3) is 4.32. The monoisotopic (exact) mass is 238 g/mol. The molecule has 17 heavy (non-hydrogen) atoms. The summed E-state index contributed by atoms with van der Waals surface area (Å²) in [5.74, 6) is 1.43. The normalized spacial score (nSPS) is 9.82. The number of amides is 1. The van der Waals surface area contributed by atoms with Crippen molar-refractivity contribution in [2.45, 2.75) is 6.54 Å². The van der Waals surface area contributed by atoms with Crippen molar-refractivity contribution < 1.29 is 14.3 Å². The fraction of sp³-hybridized carbons (Fsp3) is 0.417. The Bertz CT molecular complexity index is 358. The molecule has 5 nitrogen and oxygen atoms in total. The van der Waals surface area contributed by atoms with Gasteiger partial charge in [-0.15, -0.1) is 0 Å². The van der Waals surface area contributed by atoms with E-state index in [-0.39, 0.29) is 12.5 Å². The van der Waals surface area contributed by atoms with Gasteiger partial charge in [0.05, 0.1) is 20.8 Å². The van der Waals surface area contributed by atoms with Crippen molar-refractivity contribution in [3.63, 3.8) is 0 Å². The van der Waals surface area contributed by atoms with Crippen molar-refractivity contribution in [3.8, 4) is 11.5 Å². The number of methoxy groups -OCH3 is 2. The van der Waals surface area contributed by atoms with Crippen LogP contribution in [0.3, 0.4) is 0 Å². The van der Waals surface area contributed by atoms with Gasteiger partial charge in [0.15, 0.2) is 0 Å². The van der Waals surface area contributed by atoms with Crippen molar-refractivity contribution >= 4 is 5.91 Å². The van der Waals surface area contributed by atoms with Gasteiger partial charge in [0.1, 0.15) is 11.5 Å². The first-order valence-electron chi connectivity index (χ1n) is 5.33. The molecule has 5 heteroatoms. The van der Waals surface area contributed by atoms with Crippen molar-refractivity contribution in [2.75, 3.05) is 27.8 Å². The molecule has 1 amide bonds. The summed E-state index contributed by atoms with van der Waals surface area (Å²) in [7, 11) is 4.83. The molecule has 1 aromatic carbocycles. The molecule has 0 heterocycles. The zero-order chi connectivity index (χ0) is 12.7. The van der Waals surface area contributed by atoms with Crippen LogP contribution in [0.5, 0.6) is 11.5 Å². The number of nitrogens with one attached hydrogen (secondary N) is 2. The largest absolute Gasteiger partial charge is 0.497 e. The van der Waals surface area contributed by atoms with E-state index in [2.05, 4.69) is 10.6 Å². The lowest BCUT2D eigenvalue weighted by Gasteiger charge is -2.09. The third-order valence-electron chi connectivity index (χ3n) is 2.30. The summed E-state index contributed by atoms with van der Waals surface area (Å²) in [6, 6.07) is 5.61. The summed E-state index contributed by atoms with van der Waals surface area (Å²) >= 11 is 0. The number of carbonyl (C=O) groups is 1. The van der Waals surface area contributed by atoms with Crippen LogP contribution in [0.2, 0.25) is 0 Å². The maximum atomic E-state index is 11.0. The van der Waals surface area contributed by atoms with Crippen LogP contribution in [0.1, 0.15) is 5.56 Å². The van der Waals surface area contributed by atoms with E-state index in [4.69, 9.17) is 9.47 Å². The molecule has 0 aliphatic rings. The maximum Gasteiger partial charge on any atom is 0.233 e. The van der Waals surface area contributed by atoms with Crippen LogP contribution in [0.15, 0.2) is 18.2 Å². The van der Waals surface area contributed by atoms with Crippen molar-refractivity contribution in [1.29, 1.82) is 0 Å². The summed E-state index contributed by atoms with van der Waals surface area (Å²) in [5, 5.41) is 5.58. The van der Waals surface area contributed by atoms with Crippen LogP contribution in [-0.4, -0.2) is 33.7 Å². The average Bonchev–Trinajstić information content (AvgIpc) is 2.37. The number of likely N-dealkylation sites (N-methyl/N-ethyl adjacent to an activating group) is 1. The lowest BCUT2D eigenvalue weighted by molar-refractivity contribution is -0.119. The SMILES string of the molecule is CNC(=O)CNCc1cc(OC)cc(OC)c1. The first-order chi connectivity index (χ1) is 8.19. The molecule has 2 N–H and O–H groups in total. The third-order valence-corrected chi connectivity index (χ3v) is 2.30. The van der Waals surface area contributed by atoms with E-state index in [1.807, 2.05) is 18.2 Å². The van der Waals surface area contributed by atoms with E-state index in [9.17, 15) is 4.79 Å². The highest BCUT2D eigenvalue weighted by molar-refractivity contribution is 5.77. The van der Waals surface area contributed by atoms with Gasteiger partial charge in [-0.3, -0.25) is 4.79 Å². The molecule has 0 bridgehead atoms. The predicted octanol–water partition coefficient (Wildman–Crippen LogP) is 0.539. The minimum absolute atomic E-state index is 0.0418. The van der Waals surface area contributed by atoms with E-state index in [0.29, 0.717) is 6.54 Å². The maximum absolute atomic E-state index is 11.0. The molecule has 1 rings (SSSR count). The van der Waals surface area contributed by atoms with E-state index in [1.165, 1.54) is 0 Å².